The third-order valence-electron chi connectivity index (χ3n) is 4.41. The van der Waals surface area contributed by atoms with Gasteiger partial charge >= 0.3 is 0 Å². The third kappa shape index (κ3) is 4.53. The standard InChI is InChI=1S/C21H23ClFN3S/c1-5-26-19(14-6-9-16(10-7-14)21(2,3)4)24-25-20(26)27-13-15-8-11-17(23)12-18(15)22/h6-12H,5,13H2,1-4H3. The zero-order valence-corrected chi connectivity index (χ0v) is 17.5. The van der Waals surface area contributed by atoms with Crippen LogP contribution in [0.5, 0.6) is 0 Å². The first-order chi connectivity index (χ1) is 12.8. The second-order valence-electron chi connectivity index (χ2n) is 7.40. The van der Waals surface area contributed by atoms with E-state index in [4.69, 9.17) is 11.6 Å². The first-order valence-corrected chi connectivity index (χ1v) is 10.3. The number of halogens is 2. The second-order valence-corrected chi connectivity index (χ2v) is 8.75. The molecule has 0 saturated heterocycles. The molecule has 0 spiro atoms. The Morgan fingerprint density at radius 1 is 1.07 bits per heavy atom. The number of hydrogen-bond donors (Lipinski definition) is 0. The van der Waals surface area contributed by atoms with Crippen molar-refractivity contribution in [3.05, 3.63) is 64.4 Å². The van der Waals surface area contributed by atoms with E-state index in [0.717, 1.165) is 28.7 Å². The van der Waals surface area contributed by atoms with Crippen molar-refractivity contribution >= 4 is 23.4 Å². The van der Waals surface area contributed by atoms with Crippen LogP contribution >= 0.6 is 23.4 Å². The van der Waals surface area contributed by atoms with Crippen LogP contribution in [0.2, 0.25) is 5.02 Å². The molecule has 0 aliphatic carbocycles. The quantitative estimate of drug-likeness (QED) is 0.465. The Kier molecular flexibility index (Phi) is 5.92. The van der Waals surface area contributed by atoms with Gasteiger partial charge in [-0.3, -0.25) is 0 Å². The molecule has 6 heteroatoms. The van der Waals surface area contributed by atoms with Gasteiger partial charge in [0.15, 0.2) is 11.0 Å². The Bertz CT molecular complexity index is 930. The van der Waals surface area contributed by atoms with Gasteiger partial charge in [0.05, 0.1) is 0 Å². The summed E-state index contributed by atoms with van der Waals surface area (Å²) in [6.07, 6.45) is 0. The molecule has 0 aliphatic rings. The lowest BCUT2D eigenvalue weighted by Crippen LogP contribution is -2.10. The molecule has 0 saturated carbocycles. The molecule has 142 valence electrons. The Morgan fingerprint density at radius 3 is 2.37 bits per heavy atom. The highest BCUT2D eigenvalue weighted by Crippen LogP contribution is 2.30. The molecule has 3 aromatic rings. The van der Waals surface area contributed by atoms with Crippen LogP contribution in [0, 0.1) is 5.82 Å². The summed E-state index contributed by atoms with van der Waals surface area (Å²) in [5, 5.41) is 10.0. The average Bonchev–Trinajstić information content (AvgIpc) is 3.03. The molecule has 0 radical (unpaired) electrons. The largest absolute Gasteiger partial charge is 0.302 e. The Labute approximate surface area is 169 Å². The van der Waals surface area contributed by atoms with Crippen LogP contribution in [0.25, 0.3) is 11.4 Å². The summed E-state index contributed by atoms with van der Waals surface area (Å²) in [5.74, 6) is 1.14. The molecule has 3 nitrogen and oxygen atoms in total. The molecule has 0 atom stereocenters. The van der Waals surface area contributed by atoms with E-state index in [-0.39, 0.29) is 11.2 Å². The van der Waals surface area contributed by atoms with E-state index in [2.05, 4.69) is 66.7 Å². The molecular formula is C21H23ClFN3S. The minimum atomic E-state index is -0.327. The summed E-state index contributed by atoms with van der Waals surface area (Å²) in [4.78, 5) is 0. The minimum absolute atomic E-state index is 0.117. The lowest BCUT2D eigenvalue weighted by molar-refractivity contribution is 0.590. The highest BCUT2D eigenvalue weighted by atomic mass is 35.5. The molecule has 2 aromatic carbocycles. The van der Waals surface area contributed by atoms with E-state index in [0.29, 0.717) is 10.8 Å². The Hall–Kier alpha value is -1.85. The van der Waals surface area contributed by atoms with Gasteiger partial charge < -0.3 is 4.57 Å². The van der Waals surface area contributed by atoms with Gasteiger partial charge in [-0.1, -0.05) is 74.5 Å². The van der Waals surface area contributed by atoms with E-state index < -0.39 is 0 Å². The van der Waals surface area contributed by atoms with Gasteiger partial charge in [-0.15, -0.1) is 10.2 Å². The van der Waals surface area contributed by atoms with Crippen LogP contribution in [-0.2, 0) is 17.7 Å². The van der Waals surface area contributed by atoms with Crippen LogP contribution in [0.4, 0.5) is 4.39 Å². The van der Waals surface area contributed by atoms with Gasteiger partial charge in [-0.2, -0.15) is 0 Å². The predicted octanol–water partition coefficient (Wildman–Crippen LogP) is 6.35. The molecule has 0 unspecified atom stereocenters. The van der Waals surface area contributed by atoms with Crippen molar-refractivity contribution in [3.63, 3.8) is 0 Å². The first-order valence-electron chi connectivity index (χ1n) is 8.90. The molecule has 0 bridgehead atoms. The van der Waals surface area contributed by atoms with Crippen LogP contribution in [-0.4, -0.2) is 14.8 Å². The van der Waals surface area contributed by atoms with Gasteiger partial charge in [0, 0.05) is 22.9 Å². The van der Waals surface area contributed by atoms with Crippen LogP contribution in [0.15, 0.2) is 47.6 Å². The maximum atomic E-state index is 13.2. The average molecular weight is 404 g/mol. The molecule has 0 amide bonds. The smallest absolute Gasteiger partial charge is 0.191 e. The molecule has 27 heavy (non-hydrogen) atoms. The minimum Gasteiger partial charge on any atom is -0.302 e. The Balaban J connectivity index is 1.82. The maximum absolute atomic E-state index is 13.2. The van der Waals surface area contributed by atoms with Gasteiger partial charge in [-0.25, -0.2) is 4.39 Å². The lowest BCUT2D eigenvalue weighted by Gasteiger charge is -2.19. The molecule has 0 aliphatic heterocycles. The zero-order chi connectivity index (χ0) is 19.6. The lowest BCUT2D eigenvalue weighted by atomic mass is 9.87. The number of aromatic nitrogens is 3. The van der Waals surface area contributed by atoms with Crippen molar-refractivity contribution < 1.29 is 4.39 Å². The van der Waals surface area contributed by atoms with Gasteiger partial charge in [0.1, 0.15) is 5.82 Å². The van der Waals surface area contributed by atoms with E-state index >= 15 is 0 Å². The number of rotatable bonds is 5. The summed E-state index contributed by atoms with van der Waals surface area (Å²) in [6, 6.07) is 13.0. The highest BCUT2D eigenvalue weighted by molar-refractivity contribution is 7.98. The molecule has 1 heterocycles. The van der Waals surface area contributed by atoms with Gasteiger partial charge in [-0.05, 0) is 35.6 Å². The molecule has 1 aromatic heterocycles. The zero-order valence-electron chi connectivity index (χ0n) is 16.0. The summed E-state index contributed by atoms with van der Waals surface area (Å²) in [7, 11) is 0. The van der Waals surface area contributed by atoms with Crippen molar-refractivity contribution in [3.8, 4) is 11.4 Å². The van der Waals surface area contributed by atoms with Crippen LogP contribution in [0.3, 0.4) is 0 Å². The predicted molar refractivity (Wildman–Crippen MR) is 111 cm³/mol. The fourth-order valence-electron chi connectivity index (χ4n) is 2.79. The second kappa shape index (κ2) is 8.03. The number of hydrogen-bond acceptors (Lipinski definition) is 3. The fourth-order valence-corrected chi connectivity index (χ4v) is 4.11. The first kappa shape index (κ1) is 19.9. The van der Waals surface area contributed by atoms with Crippen molar-refractivity contribution in [2.24, 2.45) is 0 Å². The SMILES string of the molecule is CCn1c(SCc2ccc(F)cc2Cl)nnc1-c1ccc(C(C)(C)C)cc1. The summed E-state index contributed by atoms with van der Waals surface area (Å²) in [5.41, 5.74) is 3.33. The van der Waals surface area contributed by atoms with E-state index in [1.165, 1.54) is 17.7 Å². The molecule has 0 N–H and O–H groups in total. The topological polar surface area (TPSA) is 30.7 Å². The summed E-state index contributed by atoms with van der Waals surface area (Å²) in [6.45, 7) is 9.44. The Morgan fingerprint density at radius 2 is 1.78 bits per heavy atom. The number of thioether (sulfide) groups is 1. The van der Waals surface area contributed by atoms with E-state index in [1.807, 2.05) is 0 Å². The van der Waals surface area contributed by atoms with Gasteiger partial charge in [0.2, 0.25) is 0 Å². The summed E-state index contributed by atoms with van der Waals surface area (Å²) < 4.78 is 15.3. The summed E-state index contributed by atoms with van der Waals surface area (Å²) >= 11 is 7.68. The number of benzene rings is 2. The normalized spacial score (nSPS) is 11.8. The van der Waals surface area contributed by atoms with E-state index in [1.54, 1.807) is 17.8 Å². The molecule has 3 rings (SSSR count). The van der Waals surface area contributed by atoms with Crippen molar-refractivity contribution in [1.29, 1.82) is 0 Å². The number of nitrogens with zero attached hydrogens (tertiary/aromatic N) is 3. The monoisotopic (exact) mass is 403 g/mol. The van der Waals surface area contributed by atoms with E-state index in [9.17, 15) is 4.39 Å². The van der Waals surface area contributed by atoms with Gasteiger partial charge in [0.25, 0.3) is 0 Å². The molecular weight excluding hydrogens is 381 g/mol. The van der Waals surface area contributed by atoms with Crippen molar-refractivity contribution in [2.75, 3.05) is 0 Å². The van der Waals surface area contributed by atoms with Crippen LogP contribution in [0.1, 0.15) is 38.8 Å². The molecule has 0 fully saturated rings. The highest BCUT2D eigenvalue weighted by Gasteiger charge is 2.16. The maximum Gasteiger partial charge on any atom is 0.191 e. The third-order valence-corrected chi connectivity index (χ3v) is 5.78. The van der Waals surface area contributed by atoms with Crippen LogP contribution < -0.4 is 0 Å². The fraction of sp³-hybridized carbons (Fsp3) is 0.333. The van der Waals surface area contributed by atoms with Crippen molar-refractivity contribution in [2.45, 2.75) is 50.6 Å². The van der Waals surface area contributed by atoms with Crippen molar-refractivity contribution in [1.82, 2.24) is 14.8 Å².